The number of imidazole rings is 1. The molecule has 8 nitrogen and oxygen atoms in total. The number of halogens is 2. The molecule has 0 bridgehead atoms. The van der Waals surface area contributed by atoms with Crippen molar-refractivity contribution < 1.29 is 18.8 Å². The molecule has 36 heavy (non-hydrogen) atoms. The molecular weight excluding hydrogens is 485 g/mol. The van der Waals surface area contributed by atoms with Crippen LogP contribution in [-0.4, -0.2) is 43.8 Å². The SMILES string of the molecule is Cc1ccc(NC(=O)c2ncn3c2C(=O)N(C2CC2)[C@@](C)(C(=O)NCc2ccc(F)cc2)C3)c(Cl)c1. The topological polar surface area (TPSA) is 96.3 Å². The number of aryl methyl sites for hydroxylation is 1. The lowest BCUT2D eigenvalue weighted by atomic mass is 9.93. The van der Waals surface area contributed by atoms with Crippen LogP contribution >= 0.6 is 11.6 Å². The first-order valence-electron chi connectivity index (χ1n) is 11.7. The summed E-state index contributed by atoms with van der Waals surface area (Å²) >= 11 is 6.26. The zero-order valence-corrected chi connectivity index (χ0v) is 20.6. The molecule has 1 aliphatic heterocycles. The summed E-state index contributed by atoms with van der Waals surface area (Å²) in [5.41, 5.74) is 1.05. The Morgan fingerprint density at radius 2 is 1.92 bits per heavy atom. The van der Waals surface area contributed by atoms with Crippen molar-refractivity contribution in [2.45, 2.75) is 51.4 Å². The van der Waals surface area contributed by atoms with Crippen molar-refractivity contribution in [2.24, 2.45) is 0 Å². The molecular formula is C26H25ClFN5O3. The molecule has 186 valence electrons. The van der Waals surface area contributed by atoms with Gasteiger partial charge < -0.3 is 20.1 Å². The van der Waals surface area contributed by atoms with Crippen LogP contribution in [0.15, 0.2) is 48.8 Å². The zero-order chi connectivity index (χ0) is 25.6. The molecule has 3 aromatic rings. The van der Waals surface area contributed by atoms with E-state index in [4.69, 9.17) is 11.6 Å². The lowest BCUT2D eigenvalue weighted by Gasteiger charge is -2.44. The van der Waals surface area contributed by atoms with Gasteiger partial charge in [-0.1, -0.05) is 29.8 Å². The monoisotopic (exact) mass is 509 g/mol. The highest BCUT2D eigenvalue weighted by Crippen LogP contribution is 2.39. The van der Waals surface area contributed by atoms with Gasteiger partial charge in [0, 0.05) is 12.6 Å². The molecule has 10 heteroatoms. The van der Waals surface area contributed by atoms with Crippen molar-refractivity contribution in [3.63, 3.8) is 0 Å². The highest BCUT2D eigenvalue weighted by atomic mass is 35.5. The molecule has 1 atom stereocenters. The minimum Gasteiger partial charge on any atom is -0.350 e. The highest BCUT2D eigenvalue weighted by molar-refractivity contribution is 6.34. The summed E-state index contributed by atoms with van der Waals surface area (Å²) in [5.74, 6) is -1.65. The first-order chi connectivity index (χ1) is 17.2. The fraction of sp³-hybridized carbons (Fsp3) is 0.308. The number of anilines is 1. The maximum atomic E-state index is 13.7. The van der Waals surface area contributed by atoms with Gasteiger partial charge in [-0.05, 0) is 62.1 Å². The molecule has 2 aromatic carbocycles. The Bertz CT molecular complexity index is 1370. The van der Waals surface area contributed by atoms with Crippen LogP contribution in [-0.2, 0) is 17.9 Å². The van der Waals surface area contributed by atoms with Crippen LogP contribution in [0.25, 0.3) is 0 Å². The largest absolute Gasteiger partial charge is 0.350 e. The number of aromatic nitrogens is 2. The molecule has 1 aliphatic carbocycles. The fourth-order valence-corrected chi connectivity index (χ4v) is 4.88. The van der Waals surface area contributed by atoms with Gasteiger partial charge in [0.25, 0.3) is 11.8 Å². The van der Waals surface area contributed by atoms with E-state index in [0.29, 0.717) is 10.7 Å². The van der Waals surface area contributed by atoms with Gasteiger partial charge in [-0.15, -0.1) is 0 Å². The predicted octanol–water partition coefficient (Wildman–Crippen LogP) is 3.93. The van der Waals surface area contributed by atoms with Gasteiger partial charge >= 0.3 is 0 Å². The molecule has 0 radical (unpaired) electrons. The third-order valence-corrected chi connectivity index (χ3v) is 6.94. The molecule has 5 rings (SSSR count). The predicted molar refractivity (Wildman–Crippen MR) is 132 cm³/mol. The smallest absolute Gasteiger partial charge is 0.276 e. The van der Waals surface area contributed by atoms with Gasteiger partial charge in [0.05, 0.1) is 23.6 Å². The Hall–Kier alpha value is -3.72. The molecule has 3 amide bonds. The molecule has 1 saturated carbocycles. The Labute approximate surface area is 212 Å². The summed E-state index contributed by atoms with van der Waals surface area (Å²) in [6, 6.07) is 11.0. The normalized spacial score (nSPS) is 19.1. The summed E-state index contributed by atoms with van der Waals surface area (Å²) in [6.07, 6.45) is 2.97. The van der Waals surface area contributed by atoms with E-state index in [1.807, 2.05) is 13.0 Å². The Morgan fingerprint density at radius 1 is 1.19 bits per heavy atom. The van der Waals surface area contributed by atoms with E-state index in [1.54, 1.807) is 40.7 Å². The molecule has 0 saturated heterocycles. The third kappa shape index (κ3) is 4.35. The maximum absolute atomic E-state index is 13.7. The quantitative estimate of drug-likeness (QED) is 0.526. The highest BCUT2D eigenvalue weighted by Gasteiger charge is 2.53. The molecule has 1 aromatic heterocycles. The van der Waals surface area contributed by atoms with Crippen molar-refractivity contribution in [3.8, 4) is 0 Å². The number of hydrogen-bond acceptors (Lipinski definition) is 4. The number of carbonyl (C=O) groups is 3. The molecule has 0 unspecified atom stereocenters. The second-order valence-corrected chi connectivity index (χ2v) is 9.90. The van der Waals surface area contributed by atoms with Crippen LogP contribution in [0, 0.1) is 12.7 Å². The van der Waals surface area contributed by atoms with E-state index >= 15 is 0 Å². The van der Waals surface area contributed by atoms with E-state index in [0.717, 1.165) is 24.0 Å². The molecule has 2 heterocycles. The summed E-state index contributed by atoms with van der Waals surface area (Å²) in [7, 11) is 0. The number of amides is 3. The second kappa shape index (κ2) is 9.05. The van der Waals surface area contributed by atoms with Gasteiger partial charge in [0.1, 0.15) is 17.1 Å². The number of nitrogens with one attached hydrogen (secondary N) is 2. The van der Waals surface area contributed by atoms with Crippen molar-refractivity contribution in [3.05, 3.63) is 82.1 Å². The van der Waals surface area contributed by atoms with E-state index in [-0.39, 0.29) is 42.2 Å². The van der Waals surface area contributed by atoms with Gasteiger partial charge in [-0.2, -0.15) is 0 Å². The van der Waals surface area contributed by atoms with Crippen molar-refractivity contribution >= 4 is 35.0 Å². The van der Waals surface area contributed by atoms with Gasteiger partial charge in [0.15, 0.2) is 5.69 Å². The summed E-state index contributed by atoms with van der Waals surface area (Å²) in [4.78, 5) is 46.0. The average molecular weight is 510 g/mol. The van der Waals surface area contributed by atoms with Crippen LogP contribution in [0.1, 0.15) is 51.9 Å². The van der Waals surface area contributed by atoms with E-state index in [9.17, 15) is 18.8 Å². The van der Waals surface area contributed by atoms with Gasteiger partial charge in [-0.3, -0.25) is 14.4 Å². The van der Waals surface area contributed by atoms with Crippen LogP contribution in [0.3, 0.4) is 0 Å². The Balaban J connectivity index is 1.40. The number of benzene rings is 2. The zero-order valence-electron chi connectivity index (χ0n) is 19.8. The second-order valence-electron chi connectivity index (χ2n) is 9.50. The average Bonchev–Trinajstić information content (AvgIpc) is 3.57. The van der Waals surface area contributed by atoms with E-state index in [1.165, 1.54) is 18.5 Å². The van der Waals surface area contributed by atoms with Crippen LogP contribution in [0.4, 0.5) is 10.1 Å². The van der Waals surface area contributed by atoms with Crippen molar-refractivity contribution in [1.82, 2.24) is 19.8 Å². The van der Waals surface area contributed by atoms with Crippen LogP contribution in [0.5, 0.6) is 0 Å². The Kier molecular flexibility index (Phi) is 6.04. The summed E-state index contributed by atoms with van der Waals surface area (Å²) in [5, 5.41) is 6.00. The number of hydrogen-bond donors (Lipinski definition) is 2. The van der Waals surface area contributed by atoms with Crippen molar-refractivity contribution in [2.75, 3.05) is 5.32 Å². The minimum atomic E-state index is -1.18. The maximum Gasteiger partial charge on any atom is 0.276 e. The molecule has 2 aliphatic rings. The molecule has 0 spiro atoms. The van der Waals surface area contributed by atoms with Crippen LogP contribution in [0.2, 0.25) is 5.02 Å². The number of nitrogens with zero attached hydrogens (tertiary/aromatic N) is 3. The number of carbonyl (C=O) groups excluding carboxylic acids is 3. The number of rotatable bonds is 6. The lowest BCUT2D eigenvalue weighted by molar-refractivity contribution is -0.133. The molecule has 2 N–H and O–H groups in total. The molecule has 1 fully saturated rings. The third-order valence-electron chi connectivity index (χ3n) is 6.62. The van der Waals surface area contributed by atoms with Crippen molar-refractivity contribution in [1.29, 1.82) is 0 Å². The standard InChI is InChI=1S/C26H25ClFN5O3/c1-15-3-10-20(19(27)11-15)31-23(34)21-22-24(35)33(18-8-9-18)26(2,13-32(22)14-30-21)25(36)29-12-16-4-6-17(28)7-5-16/h3-7,10-11,14,18H,8-9,12-13H2,1-2H3,(H,29,36)(H,31,34)/t26-/m1/s1. The number of fused-ring (bicyclic) bond motifs is 1. The van der Waals surface area contributed by atoms with Gasteiger partial charge in [0.2, 0.25) is 5.91 Å². The Morgan fingerprint density at radius 3 is 2.58 bits per heavy atom. The van der Waals surface area contributed by atoms with Gasteiger partial charge in [-0.25, -0.2) is 9.37 Å². The summed E-state index contributed by atoms with van der Waals surface area (Å²) < 4.78 is 14.8. The van der Waals surface area contributed by atoms with E-state index < -0.39 is 17.4 Å². The van der Waals surface area contributed by atoms with Crippen LogP contribution < -0.4 is 10.6 Å². The first kappa shape index (κ1) is 24.0. The summed E-state index contributed by atoms with van der Waals surface area (Å²) in [6.45, 7) is 3.95. The fourth-order valence-electron chi connectivity index (χ4n) is 4.60. The van der Waals surface area contributed by atoms with E-state index in [2.05, 4.69) is 15.6 Å². The lowest BCUT2D eigenvalue weighted by Crippen LogP contribution is -2.64. The minimum absolute atomic E-state index is 0.0175. The first-order valence-corrected chi connectivity index (χ1v) is 12.0.